The number of thioether (sulfide) groups is 1. The molecule has 2 aromatic rings. The number of benzene rings is 1. The van der Waals surface area contributed by atoms with Gasteiger partial charge in [-0.25, -0.2) is 0 Å². The van der Waals surface area contributed by atoms with Crippen molar-refractivity contribution in [1.29, 1.82) is 0 Å². The number of nitrogens with zero attached hydrogens (tertiary/aromatic N) is 2. The first-order chi connectivity index (χ1) is 9.17. The lowest BCUT2D eigenvalue weighted by Crippen LogP contribution is -2.13. The van der Waals surface area contributed by atoms with Gasteiger partial charge in [0, 0.05) is 11.3 Å². The maximum atomic E-state index is 5.58. The summed E-state index contributed by atoms with van der Waals surface area (Å²) in [5.74, 6) is 2.52. The van der Waals surface area contributed by atoms with E-state index in [-0.39, 0.29) is 0 Å². The molecule has 0 saturated heterocycles. The molecule has 0 aliphatic heterocycles. The molecule has 2 N–H and O–H groups in total. The maximum absolute atomic E-state index is 5.58. The number of hydrogen-bond donors (Lipinski definition) is 1. The Hall–Kier alpha value is -1.33. The average molecular weight is 277 g/mol. The first-order valence-corrected chi connectivity index (χ1v) is 7.37. The Morgan fingerprint density at radius 1 is 1.32 bits per heavy atom. The molecule has 1 unspecified atom stereocenters. The Morgan fingerprint density at radius 3 is 2.74 bits per heavy atom. The lowest BCUT2D eigenvalue weighted by Gasteiger charge is -2.02. The SMILES string of the molecule is Cc1ccc(SCc2noc(CC(C)CN)n2)cc1. The molecule has 0 radical (unpaired) electrons. The molecule has 0 bridgehead atoms. The molecule has 0 aliphatic rings. The van der Waals surface area contributed by atoms with Crippen LogP contribution in [0.25, 0.3) is 0 Å². The van der Waals surface area contributed by atoms with Crippen LogP contribution in [0, 0.1) is 12.8 Å². The molecule has 102 valence electrons. The summed E-state index contributed by atoms with van der Waals surface area (Å²) in [7, 11) is 0. The molecule has 0 spiro atoms. The zero-order valence-corrected chi connectivity index (χ0v) is 12.1. The molecule has 0 saturated carbocycles. The van der Waals surface area contributed by atoms with Gasteiger partial charge in [-0.2, -0.15) is 4.98 Å². The Kier molecular flexibility index (Phi) is 4.99. The van der Waals surface area contributed by atoms with Crippen LogP contribution in [-0.2, 0) is 12.2 Å². The standard InChI is InChI=1S/C14H19N3OS/c1-10-3-5-12(6-4-10)19-9-13-16-14(18-17-13)7-11(2)8-15/h3-6,11H,7-9,15H2,1-2H3. The summed E-state index contributed by atoms with van der Waals surface area (Å²) >= 11 is 1.71. The fraction of sp³-hybridized carbons (Fsp3) is 0.429. The van der Waals surface area contributed by atoms with E-state index in [4.69, 9.17) is 10.3 Å². The van der Waals surface area contributed by atoms with Gasteiger partial charge >= 0.3 is 0 Å². The van der Waals surface area contributed by atoms with Gasteiger partial charge in [-0.15, -0.1) is 11.8 Å². The highest BCUT2D eigenvalue weighted by Crippen LogP contribution is 2.22. The van der Waals surface area contributed by atoms with Crippen LogP contribution >= 0.6 is 11.8 Å². The van der Waals surface area contributed by atoms with Crippen molar-refractivity contribution in [2.24, 2.45) is 11.7 Å². The second kappa shape index (κ2) is 6.73. The first-order valence-electron chi connectivity index (χ1n) is 6.38. The summed E-state index contributed by atoms with van der Waals surface area (Å²) in [6.45, 7) is 4.79. The molecular formula is C14H19N3OS. The van der Waals surface area contributed by atoms with E-state index in [9.17, 15) is 0 Å². The highest BCUT2D eigenvalue weighted by atomic mass is 32.2. The molecule has 0 aliphatic carbocycles. The summed E-state index contributed by atoms with van der Waals surface area (Å²) in [5.41, 5.74) is 6.85. The second-order valence-electron chi connectivity index (χ2n) is 4.75. The van der Waals surface area contributed by atoms with Crippen LogP contribution in [0.3, 0.4) is 0 Å². The van der Waals surface area contributed by atoms with Crippen LogP contribution in [0.1, 0.15) is 24.2 Å². The fourth-order valence-electron chi connectivity index (χ4n) is 1.60. The monoisotopic (exact) mass is 277 g/mol. The third-order valence-corrected chi connectivity index (χ3v) is 3.83. The number of hydrogen-bond acceptors (Lipinski definition) is 5. The molecule has 2 rings (SSSR count). The van der Waals surface area contributed by atoms with Gasteiger partial charge < -0.3 is 10.3 Å². The highest BCUT2D eigenvalue weighted by Gasteiger charge is 2.10. The van der Waals surface area contributed by atoms with E-state index >= 15 is 0 Å². The van der Waals surface area contributed by atoms with Gasteiger partial charge in [0.05, 0.1) is 5.75 Å². The molecule has 1 aromatic carbocycles. The second-order valence-corrected chi connectivity index (χ2v) is 5.80. The minimum absolute atomic E-state index is 0.373. The van der Waals surface area contributed by atoms with E-state index in [0.29, 0.717) is 18.4 Å². The van der Waals surface area contributed by atoms with E-state index < -0.39 is 0 Å². The number of aryl methyl sites for hydroxylation is 1. The molecule has 0 fully saturated rings. The van der Waals surface area contributed by atoms with Crippen LogP contribution in [0.5, 0.6) is 0 Å². The van der Waals surface area contributed by atoms with Gasteiger partial charge in [-0.05, 0) is 31.5 Å². The van der Waals surface area contributed by atoms with Crippen LogP contribution in [0.4, 0.5) is 0 Å². The Bertz CT molecular complexity index is 510. The predicted octanol–water partition coefficient (Wildman–Crippen LogP) is 2.81. The van der Waals surface area contributed by atoms with E-state index in [2.05, 4.69) is 48.3 Å². The maximum Gasteiger partial charge on any atom is 0.226 e. The minimum Gasteiger partial charge on any atom is -0.339 e. The van der Waals surface area contributed by atoms with Gasteiger partial charge in [0.15, 0.2) is 5.82 Å². The van der Waals surface area contributed by atoms with Gasteiger partial charge in [0.25, 0.3) is 0 Å². The molecule has 1 aromatic heterocycles. The number of nitrogens with two attached hydrogens (primary N) is 1. The summed E-state index contributed by atoms with van der Waals surface area (Å²) in [5, 5.41) is 3.99. The third-order valence-electron chi connectivity index (χ3n) is 2.82. The first kappa shape index (κ1) is 14.1. The Balaban J connectivity index is 1.88. The topological polar surface area (TPSA) is 64.9 Å². The predicted molar refractivity (Wildman–Crippen MR) is 77.0 cm³/mol. The molecule has 0 amide bonds. The molecule has 5 heteroatoms. The minimum atomic E-state index is 0.373. The van der Waals surface area contributed by atoms with Gasteiger partial charge in [0.1, 0.15) is 0 Å². The smallest absolute Gasteiger partial charge is 0.226 e. The van der Waals surface area contributed by atoms with Crippen molar-refractivity contribution in [3.05, 3.63) is 41.5 Å². The lowest BCUT2D eigenvalue weighted by molar-refractivity contribution is 0.356. The fourth-order valence-corrected chi connectivity index (χ4v) is 2.34. The highest BCUT2D eigenvalue weighted by molar-refractivity contribution is 7.98. The van der Waals surface area contributed by atoms with Crippen molar-refractivity contribution in [2.75, 3.05) is 6.54 Å². The van der Waals surface area contributed by atoms with E-state index in [1.54, 1.807) is 11.8 Å². The normalized spacial score (nSPS) is 12.6. The van der Waals surface area contributed by atoms with Gasteiger partial charge in [-0.1, -0.05) is 29.8 Å². The zero-order valence-electron chi connectivity index (χ0n) is 11.3. The summed E-state index contributed by atoms with van der Waals surface area (Å²) < 4.78 is 5.21. The quantitative estimate of drug-likeness (QED) is 0.822. The third kappa shape index (κ3) is 4.36. The van der Waals surface area contributed by atoms with Crippen molar-refractivity contribution in [1.82, 2.24) is 10.1 Å². The van der Waals surface area contributed by atoms with Crippen LogP contribution in [0.2, 0.25) is 0 Å². The van der Waals surface area contributed by atoms with Gasteiger partial charge in [-0.3, -0.25) is 0 Å². The summed E-state index contributed by atoms with van der Waals surface area (Å²) in [6.07, 6.45) is 0.749. The lowest BCUT2D eigenvalue weighted by atomic mass is 10.1. The Morgan fingerprint density at radius 2 is 2.05 bits per heavy atom. The molecule has 4 nitrogen and oxygen atoms in total. The molecule has 1 atom stereocenters. The zero-order chi connectivity index (χ0) is 13.7. The van der Waals surface area contributed by atoms with E-state index in [1.165, 1.54) is 10.5 Å². The summed E-state index contributed by atoms with van der Waals surface area (Å²) in [6, 6.07) is 8.43. The number of aromatic nitrogens is 2. The summed E-state index contributed by atoms with van der Waals surface area (Å²) in [4.78, 5) is 5.59. The number of rotatable bonds is 6. The largest absolute Gasteiger partial charge is 0.339 e. The molecule has 19 heavy (non-hydrogen) atoms. The van der Waals surface area contributed by atoms with E-state index in [1.807, 2.05) is 0 Å². The van der Waals surface area contributed by atoms with Crippen molar-refractivity contribution < 1.29 is 4.52 Å². The average Bonchev–Trinajstić information content (AvgIpc) is 2.85. The molecule has 1 heterocycles. The van der Waals surface area contributed by atoms with Crippen molar-refractivity contribution >= 4 is 11.8 Å². The van der Waals surface area contributed by atoms with Crippen LogP contribution in [0.15, 0.2) is 33.7 Å². The van der Waals surface area contributed by atoms with Crippen molar-refractivity contribution in [3.8, 4) is 0 Å². The van der Waals surface area contributed by atoms with Gasteiger partial charge in [0.2, 0.25) is 5.89 Å². The molecular weight excluding hydrogens is 258 g/mol. The van der Waals surface area contributed by atoms with Crippen LogP contribution in [-0.4, -0.2) is 16.7 Å². The van der Waals surface area contributed by atoms with Crippen molar-refractivity contribution in [3.63, 3.8) is 0 Å². The van der Waals surface area contributed by atoms with E-state index in [0.717, 1.165) is 18.0 Å². The van der Waals surface area contributed by atoms with Crippen molar-refractivity contribution in [2.45, 2.75) is 30.9 Å². The van der Waals surface area contributed by atoms with Crippen LogP contribution < -0.4 is 5.73 Å². The Labute approximate surface area is 117 Å².